The normalized spacial score (nSPS) is 14.4. The molecule has 0 bridgehead atoms. The van der Waals surface area contributed by atoms with E-state index in [1.54, 1.807) is 6.92 Å². The number of hydrogen-bond acceptors (Lipinski definition) is 4. The van der Waals surface area contributed by atoms with Gasteiger partial charge in [-0.25, -0.2) is 9.59 Å². The zero-order chi connectivity index (χ0) is 11.4. The first-order chi connectivity index (χ1) is 6.38. The van der Waals surface area contributed by atoms with Crippen molar-refractivity contribution in [2.75, 3.05) is 14.2 Å². The van der Waals surface area contributed by atoms with Gasteiger partial charge in [0, 0.05) is 0 Å². The summed E-state index contributed by atoms with van der Waals surface area (Å²) in [5.74, 6) is -0.577. The Morgan fingerprint density at radius 3 is 2.00 bits per heavy atom. The Hall–Kier alpha value is -1.26. The molecule has 0 fully saturated rings. The van der Waals surface area contributed by atoms with Crippen LogP contribution in [-0.4, -0.2) is 31.8 Å². The van der Waals surface area contributed by atoms with E-state index in [1.165, 1.54) is 14.2 Å². The molecule has 1 N–H and O–H groups in total. The number of rotatable bonds is 3. The largest absolute Gasteiger partial charge is 0.467 e. The number of hydrogen-bond donors (Lipinski definition) is 1. The molecule has 1 amide bonds. The molecule has 0 aliphatic heterocycles. The zero-order valence-corrected chi connectivity index (χ0v) is 9.21. The first-order valence-electron chi connectivity index (χ1n) is 4.33. The minimum Gasteiger partial charge on any atom is -0.467 e. The fourth-order valence-corrected chi connectivity index (χ4v) is 0.906. The van der Waals surface area contributed by atoms with Crippen molar-refractivity contribution in [3.8, 4) is 0 Å². The number of methoxy groups -OCH3 is 2. The van der Waals surface area contributed by atoms with Gasteiger partial charge >= 0.3 is 12.1 Å². The molecule has 0 heterocycles. The second-order valence-electron chi connectivity index (χ2n) is 3.47. The SMILES string of the molecule is COC(=O)N[C@@](C)(C(=O)OC)C(C)C. The molecule has 1 atom stereocenters. The van der Waals surface area contributed by atoms with Crippen LogP contribution >= 0.6 is 0 Å². The van der Waals surface area contributed by atoms with Gasteiger partial charge < -0.3 is 14.8 Å². The number of carbonyl (C=O) groups excluding carboxylic acids is 2. The second kappa shape index (κ2) is 4.83. The highest BCUT2D eigenvalue weighted by Crippen LogP contribution is 2.18. The standard InChI is InChI=1S/C9H17NO4/c1-6(2)9(3,7(11)13-4)10-8(12)14-5/h6H,1-5H3,(H,10,12)/t9-/m1/s1. The van der Waals surface area contributed by atoms with Gasteiger partial charge in [0.25, 0.3) is 0 Å². The number of ether oxygens (including phenoxy) is 2. The van der Waals surface area contributed by atoms with Crippen molar-refractivity contribution >= 4 is 12.1 Å². The topological polar surface area (TPSA) is 64.6 Å². The Bertz CT molecular complexity index is 227. The van der Waals surface area contributed by atoms with Crippen molar-refractivity contribution < 1.29 is 19.1 Å². The van der Waals surface area contributed by atoms with Gasteiger partial charge in [-0.3, -0.25) is 0 Å². The Morgan fingerprint density at radius 1 is 1.21 bits per heavy atom. The van der Waals surface area contributed by atoms with Gasteiger partial charge in [0.2, 0.25) is 0 Å². The third-order valence-corrected chi connectivity index (χ3v) is 2.31. The predicted molar refractivity (Wildman–Crippen MR) is 50.8 cm³/mol. The predicted octanol–water partition coefficient (Wildman–Crippen LogP) is 0.930. The van der Waals surface area contributed by atoms with E-state index in [1.807, 2.05) is 13.8 Å². The Morgan fingerprint density at radius 2 is 1.71 bits per heavy atom. The van der Waals surface area contributed by atoms with Crippen molar-refractivity contribution in [1.82, 2.24) is 5.32 Å². The molecule has 5 heteroatoms. The van der Waals surface area contributed by atoms with Crippen LogP contribution in [0.4, 0.5) is 4.79 Å². The maximum atomic E-state index is 11.4. The fourth-order valence-electron chi connectivity index (χ4n) is 0.906. The van der Waals surface area contributed by atoms with Gasteiger partial charge in [0.15, 0.2) is 0 Å². The first-order valence-corrected chi connectivity index (χ1v) is 4.33. The van der Waals surface area contributed by atoms with E-state index in [-0.39, 0.29) is 5.92 Å². The molecule has 82 valence electrons. The highest BCUT2D eigenvalue weighted by Gasteiger charge is 2.39. The quantitative estimate of drug-likeness (QED) is 0.693. The van der Waals surface area contributed by atoms with Crippen LogP contribution in [-0.2, 0) is 14.3 Å². The van der Waals surface area contributed by atoms with E-state index in [9.17, 15) is 9.59 Å². The van der Waals surface area contributed by atoms with Gasteiger partial charge in [0.05, 0.1) is 14.2 Å². The Kier molecular flexibility index (Phi) is 4.40. The van der Waals surface area contributed by atoms with E-state index in [2.05, 4.69) is 14.8 Å². The summed E-state index contributed by atoms with van der Waals surface area (Å²) in [7, 11) is 2.52. The average Bonchev–Trinajstić information content (AvgIpc) is 2.15. The van der Waals surface area contributed by atoms with E-state index < -0.39 is 17.6 Å². The molecule has 0 aromatic carbocycles. The molecule has 0 aromatic heterocycles. The molecular weight excluding hydrogens is 186 g/mol. The number of esters is 1. The molecule has 0 rings (SSSR count). The number of nitrogens with one attached hydrogen (secondary N) is 1. The number of amides is 1. The smallest absolute Gasteiger partial charge is 0.407 e. The lowest BCUT2D eigenvalue weighted by Gasteiger charge is -2.30. The van der Waals surface area contributed by atoms with Gasteiger partial charge in [-0.05, 0) is 12.8 Å². The van der Waals surface area contributed by atoms with E-state index in [4.69, 9.17) is 0 Å². The lowest BCUT2D eigenvalue weighted by Crippen LogP contribution is -2.56. The van der Waals surface area contributed by atoms with Crippen LogP contribution in [0.5, 0.6) is 0 Å². The van der Waals surface area contributed by atoms with E-state index >= 15 is 0 Å². The highest BCUT2D eigenvalue weighted by atomic mass is 16.5. The summed E-state index contributed by atoms with van der Waals surface area (Å²) < 4.78 is 9.05. The average molecular weight is 203 g/mol. The van der Waals surface area contributed by atoms with Crippen LogP contribution in [0.2, 0.25) is 0 Å². The van der Waals surface area contributed by atoms with Gasteiger partial charge in [-0.15, -0.1) is 0 Å². The lowest BCUT2D eigenvalue weighted by molar-refractivity contribution is -0.149. The summed E-state index contributed by atoms with van der Waals surface area (Å²) >= 11 is 0. The summed E-state index contributed by atoms with van der Waals surface area (Å²) in [5, 5.41) is 2.46. The third-order valence-electron chi connectivity index (χ3n) is 2.31. The van der Waals surface area contributed by atoms with Crippen molar-refractivity contribution in [2.45, 2.75) is 26.3 Å². The van der Waals surface area contributed by atoms with Crippen LogP contribution in [0.1, 0.15) is 20.8 Å². The minimum absolute atomic E-state index is 0.0888. The maximum absolute atomic E-state index is 11.4. The van der Waals surface area contributed by atoms with Gasteiger partial charge in [-0.2, -0.15) is 0 Å². The molecular formula is C9H17NO4. The third kappa shape index (κ3) is 2.61. The Labute approximate surface area is 83.8 Å². The van der Waals surface area contributed by atoms with E-state index in [0.717, 1.165) is 0 Å². The first kappa shape index (κ1) is 12.7. The molecule has 0 radical (unpaired) electrons. The number of alkyl carbamates (subject to hydrolysis) is 1. The van der Waals surface area contributed by atoms with Crippen LogP contribution in [0.3, 0.4) is 0 Å². The molecule has 0 unspecified atom stereocenters. The summed E-state index contributed by atoms with van der Waals surface area (Å²) in [5.41, 5.74) is -1.05. The monoisotopic (exact) mass is 203 g/mol. The van der Waals surface area contributed by atoms with Crippen molar-refractivity contribution in [3.05, 3.63) is 0 Å². The van der Waals surface area contributed by atoms with Crippen molar-refractivity contribution in [3.63, 3.8) is 0 Å². The summed E-state index contributed by atoms with van der Waals surface area (Å²) in [6, 6.07) is 0. The molecule has 0 saturated carbocycles. The van der Waals surface area contributed by atoms with Crippen LogP contribution in [0.15, 0.2) is 0 Å². The second-order valence-corrected chi connectivity index (χ2v) is 3.47. The molecule has 0 spiro atoms. The van der Waals surface area contributed by atoms with Gasteiger partial charge in [-0.1, -0.05) is 13.8 Å². The lowest BCUT2D eigenvalue weighted by atomic mass is 9.89. The fraction of sp³-hybridized carbons (Fsp3) is 0.778. The molecule has 0 aliphatic carbocycles. The number of carbonyl (C=O) groups is 2. The van der Waals surface area contributed by atoms with Crippen LogP contribution in [0.25, 0.3) is 0 Å². The zero-order valence-electron chi connectivity index (χ0n) is 9.21. The van der Waals surface area contributed by atoms with Gasteiger partial charge in [0.1, 0.15) is 5.54 Å². The summed E-state index contributed by atoms with van der Waals surface area (Å²) in [6.45, 7) is 5.22. The molecule has 5 nitrogen and oxygen atoms in total. The molecule has 0 aliphatic rings. The summed E-state index contributed by atoms with van der Waals surface area (Å²) in [6.07, 6.45) is -0.647. The van der Waals surface area contributed by atoms with Crippen LogP contribution in [0, 0.1) is 5.92 Å². The molecule has 14 heavy (non-hydrogen) atoms. The minimum atomic E-state index is -1.05. The van der Waals surface area contributed by atoms with Crippen LogP contribution < -0.4 is 5.32 Å². The summed E-state index contributed by atoms with van der Waals surface area (Å²) in [4.78, 5) is 22.4. The maximum Gasteiger partial charge on any atom is 0.407 e. The van der Waals surface area contributed by atoms with Crippen molar-refractivity contribution in [1.29, 1.82) is 0 Å². The van der Waals surface area contributed by atoms with Crippen molar-refractivity contribution in [2.24, 2.45) is 5.92 Å². The molecule has 0 saturated heterocycles. The van der Waals surface area contributed by atoms with E-state index in [0.29, 0.717) is 0 Å². The molecule has 0 aromatic rings. The Balaban J connectivity index is 4.73. The highest BCUT2D eigenvalue weighted by molar-refractivity contribution is 5.85.